The van der Waals surface area contributed by atoms with E-state index in [0.29, 0.717) is 22.6 Å². The third-order valence-corrected chi connectivity index (χ3v) is 5.17. The van der Waals surface area contributed by atoms with E-state index in [4.69, 9.17) is 14.2 Å². The van der Waals surface area contributed by atoms with Crippen molar-refractivity contribution in [2.45, 2.75) is 44.2 Å². The summed E-state index contributed by atoms with van der Waals surface area (Å²) in [6, 6.07) is 13.0. The van der Waals surface area contributed by atoms with Gasteiger partial charge in [-0.2, -0.15) is 0 Å². The van der Waals surface area contributed by atoms with Gasteiger partial charge in [0.1, 0.15) is 23.6 Å². The molecule has 0 bridgehead atoms. The Labute approximate surface area is 171 Å². The molecule has 1 fully saturated rings. The number of alkyl carbamates (subject to hydrolysis) is 1. The predicted molar refractivity (Wildman–Crippen MR) is 110 cm³/mol. The minimum absolute atomic E-state index is 0.0867. The monoisotopic (exact) mass is 397 g/mol. The fraction of sp³-hybridized carbons (Fsp3) is 0.391. The van der Waals surface area contributed by atoms with E-state index in [9.17, 15) is 9.59 Å². The van der Waals surface area contributed by atoms with Crippen molar-refractivity contribution in [2.24, 2.45) is 0 Å². The fourth-order valence-electron chi connectivity index (χ4n) is 3.50. The van der Waals surface area contributed by atoms with Crippen LogP contribution in [0.4, 0.5) is 4.79 Å². The van der Waals surface area contributed by atoms with Gasteiger partial charge in [-0.15, -0.1) is 0 Å². The molecule has 3 rings (SSSR count). The molecule has 1 unspecified atom stereocenters. The maximum Gasteiger partial charge on any atom is 0.408 e. The second-order valence-electron chi connectivity index (χ2n) is 7.11. The van der Waals surface area contributed by atoms with Crippen molar-refractivity contribution in [3.05, 3.63) is 59.7 Å². The Kier molecular flexibility index (Phi) is 7.11. The average molecular weight is 397 g/mol. The van der Waals surface area contributed by atoms with Crippen molar-refractivity contribution in [3.63, 3.8) is 0 Å². The summed E-state index contributed by atoms with van der Waals surface area (Å²) in [7, 11) is 3.15. The van der Waals surface area contributed by atoms with Crippen molar-refractivity contribution >= 4 is 11.9 Å². The lowest BCUT2D eigenvalue weighted by molar-refractivity contribution is 0.0694. The zero-order valence-corrected chi connectivity index (χ0v) is 16.9. The van der Waals surface area contributed by atoms with Crippen molar-refractivity contribution in [1.82, 2.24) is 5.32 Å². The van der Waals surface area contributed by atoms with E-state index in [0.717, 1.165) is 25.7 Å². The smallest absolute Gasteiger partial charge is 0.408 e. The molecule has 0 saturated heterocycles. The molecule has 1 atom stereocenters. The van der Waals surface area contributed by atoms with E-state index in [1.54, 1.807) is 62.8 Å². The van der Waals surface area contributed by atoms with Gasteiger partial charge in [-0.3, -0.25) is 4.79 Å². The Hall–Kier alpha value is -3.02. The van der Waals surface area contributed by atoms with Gasteiger partial charge in [-0.05, 0) is 67.6 Å². The van der Waals surface area contributed by atoms with Crippen LogP contribution in [0.2, 0.25) is 0 Å². The van der Waals surface area contributed by atoms with Crippen LogP contribution in [0.1, 0.15) is 54.1 Å². The molecule has 0 aromatic heterocycles. The van der Waals surface area contributed by atoms with Crippen LogP contribution in [0.25, 0.3) is 0 Å². The first-order valence-electron chi connectivity index (χ1n) is 9.90. The SMILES string of the molecule is COc1ccc(C(=O)C(NC(=O)OC2CCCCC2)c2ccc(OC)cc2)cc1. The molecule has 1 amide bonds. The lowest BCUT2D eigenvalue weighted by atomic mass is 9.97. The van der Waals surface area contributed by atoms with Crippen LogP contribution in [0, 0.1) is 0 Å². The van der Waals surface area contributed by atoms with E-state index in [2.05, 4.69) is 5.32 Å². The number of methoxy groups -OCH3 is 2. The van der Waals surface area contributed by atoms with Gasteiger partial charge in [0.25, 0.3) is 0 Å². The average Bonchev–Trinajstić information content (AvgIpc) is 2.78. The molecular formula is C23H27NO5. The van der Waals surface area contributed by atoms with E-state index < -0.39 is 12.1 Å². The van der Waals surface area contributed by atoms with E-state index in [1.807, 2.05) is 0 Å². The summed E-state index contributed by atoms with van der Waals surface area (Å²) in [5, 5.41) is 2.76. The van der Waals surface area contributed by atoms with Crippen LogP contribution >= 0.6 is 0 Å². The van der Waals surface area contributed by atoms with Gasteiger partial charge in [-0.25, -0.2) is 4.79 Å². The number of hydrogen-bond acceptors (Lipinski definition) is 5. The molecule has 1 saturated carbocycles. The summed E-state index contributed by atoms with van der Waals surface area (Å²) in [4.78, 5) is 25.7. The molecule has 29 heavy (non-hydrogen) atoms. The predicted octanol–water partition coefficient (Wildman–Crippen LogP) is 4.69. The molecule has 154 valence electrons. The van der Waals surface area contributed by atoms with Crippen molar-refractivity contribution in [1.29, 1.82) is 0 Å². The van der Waals surface area contributed by atoms with Gasteiger partial charge in [0.2, 0.25) is 0 Å². The Morgan fingerprint density at radius 1 is 0.862 bits per heavy atom. The second-order valence-corrected chi connectivity index (χ2v) is 7.11. The molecule has 1 aliphatic carbocycles. The molecule has 0 radical (unpaired) electrons. The van der Waals surface area contributed by atoms with Crippen LogP contribution in [0.5, 0.6) is 11.5 Å². The summed E-state index contributed by atoms with van der Waals surface area (Å²) in [6.45, 7) is 0. The molecule has 0 heterocycles. The molecule has 0 aliphatic heterocycles. The number of Topliss-reactive ketones (excluding diaryl/α,β-unsaturated/α-hetero) is 1. The zero-order chi connectivity index (χ0) is 20.6. The second kappa shape index (κ2) is 9.96. The summed E-state index contributed by atoms with van der Waals surface area (Å²) in [5.41, 5.74) is 1.14. The number of ether oxygens (including phenoxy) is 3. The lowest BCUT2D eigenvalue weighted by Crippen LogP contribution is -2.36. The minimum atomic E-state index is -0.856. The first kappa shape index (κ1) is 20.7. The number of hydrogen-bond donors (Lipinski definition) is 1. The number of benzene rings is 2. The van der Waals surface area contributed by atoms with Crippen molar-refractivity contribution in [2.75, 3.05) is 14.2 Å². The van der Waals surface area contributed by atoms with Crippen LogP contribution in [-0.4, -0.2) is 32.2 Å². The van der Waals surface area contributed by atoms with Gasteiger partial charge < -0.3 is 19.5 Å². The molecule has 1 aliphatic rings. The fourth-order valence-corrected chi connectivity index (χ4v) is 3.50. The third kappa shape index (κ3) is 5.50. The molecular weight excluding hydrogens is 370 g/mol. The van der Waals surface area contributed by atoms with Crippen molar-refractivity contribution in [3.8, 4) is 11.5 Å². The number of nitrogens with one attached hydrogen (secondary N) is 1. The quantitative estimate of drug-likeness (QED) is 0.686. The largest absolute Gasteiger partial charge is 0.497 e. The maximum absolute atomic E-state index is 13.2. The highest BCUT2D eigenvalue weighted by Gasteiger charge is 2.26. The molecule has 6 heteroatoms. The van der Waals surface area contributed by atoms with Crippen LogP contribution in [-0.2, 0) is 4.74 Å². The van der Waals surface area contributed by atoms with Gasteiger partial charge in [0.15, 0.2) is 5.78 Å². The molecule has 1 N–H and O–H groups in total. The van der Waals surface area contributed by atoms with Gasteiger partial charge in [-0.1, -0.05) is 18.6 Å². The topological polar surface area (TPSA) is 73.9 Å². The molecule has 6 nitrogen and oxygen atoms in total. The Morgan fingerprint density at radius 2 is 1.41 bits per heavy atom. The maximum atomic E-state index is 13.2. The van der Waals surface area contributed by atoms with E-state index in [-0.39, 0.29) is 11.9 Å². The molecule has 0 spiro atoms. The van der Waals surface area contributed by atoms with Gasteiger partial charge in [0, 0.05) is 5.56 Å². The molecule has 2 aromatic carbocycles. The Balaban J connectivity index is 1.79. The third-order valence-electron chi connectivity index (χ3n) is 5.17. The van der Waals surface area contributed by atoms with Gasteiger partial charge in [0.05, 0.1) is 14.2 Å². The highest BCUT2D eigenvalue weighted by atomic mass is 16.6. The van der Waals surface area contributed by atoms with E-state index in [1.165, 1.54) is 6.42 Å². The lowest BCUT2D eigenvalue weighted by Gasteiger charge is -2.24. The Bertz CT molecular complexity index is 810. The minimum Gasteiger partial charge on any atom is -0.497 e. The number of carbonyl (C=O) groups is 2. The number of carbonyl (C=O) groups excluding carboxylic acids is 2. The number of ketones is 1. The van der Waals surface area contributed by atoms with Crippen LogP contribution < -0.4 is 14.8 Å². The van der Waals surface area contributed by atoms with Crippen LogP contribution in [0.15, 0.2) is 48.5 Å². The highest BCUT2D eigenvalue weighted by Crippen LogP contribution is 2.24. The normalized spacial score (nSPS) is 15.2. The first-order valence-corrected chi connectivity index (χ1v) is 9.90. The standard InChI is InChI=1S/C23H27NO5/c1-27-18-12-8-16(9-13-18)21(22(25)17-10-14-19(28-2)15-11-17)24-23(26)29-20-6-4-3-5-7-20/h8-15,20-21H,3-7H2,1-2H3,(H,24,26). The van der Waals surface area contributed by atoms with Crippen molar-refractivity contribution < 1.29 is 23.8 Å². The summed E-state index contributed by atoms with van der Waals surface area (Å²) >= 11 is 0. The first-order chi connectivity index (χ1) is 14.1. The summed E-state index contributed by atoms with van der Waals surface area (Å²) in [6.07, 6.45) is 4.37. The van der Waals surface area contributed by atoms with Gasteiger partial charge >= 0.3 is 6.09 Å². The zero-order valence-electron chi connectivity index (χ0n) is 16.9. The van der Waals surface area contributed by atoms with Crippen LogP contribution in [0.3, 0.4) is 0 Å². The van der Waals surface area contributed by atoms with E-state index >= 15 is 0 Å². The highest BCUT2D eigenvalue weighted by molar-refractivity contribution is 6.02. The number of amides is 1. The summed E-state index contributed by atoms with van der Waals surface area (Å²) in [5.74, 6) is 1.11. The summed E-state index contributed by atoms with van der Waals surface area (Å²) < 4.78 is 15.9. The number of rotatable bonds is 7. The Morgan fingerprint density at radius 3 is 1.97 bits per heavy atom. The molecule has 2 aromatic rings.